The lowest BCUT2D eigenvalue weighted by Crippen LogP contribution is -3.00. The third-order valence-corrected chi connectivity index (χ3v) is 4.06. The molecule has 152 valence electrons. The molecule has 0 aliphatic carbocycles. The average Bonchev–Trinajstić information content (AvgIpc) is 2.65. The van der Waals surface area contributed by atoms with E-state index in [1.807, 2.05) is 45.9 Å². The Hall–Kier alpha value is -2.20. The summed E-state index contributed by atoms with van der Waals surface area (Å²) in [6, 6.07) is 8.95. The smallest absolute Gasteiger partial charge is 0.518 e. The van der Waals surface area contributed by atoms with Crippen LogP contribution in [0, 0.1) is 0 Å². The fourth-order valence-electron chi connectivity index (χ4n) is 2.64. The van der Waals surface area contributed by atoms with E-state index in [2.05, 4.69) is 0 Å². The van der Waals surface area contributed by atoms with E-state index in [0.717, 1.165) is 11.1 Å². The number of para-hydroxylation sites is 1. The minimum absolute atomic E-state index is 0. The summed E-state index contributed by atoms with van der Waals surface area (Å²) in [6.07, 6.45) is 2.25. The van der Waals surface area contributed by atoms with Gasteiger partial charge in [-0.15, -0.1) is 0 Å². The Bertz CT molecular complexity index is 798. The quantitative estimate of drug-likeness (QED) is 0.151. The first kappa shape index (κ1) is 23.8. The Kier molecular flexibility index (Phi) is 9.33. The van der Waals surface area contributed by atoms with Gasteiger partial charge in [-0.05, 0) is 29.0 Å². The zero-order chi connectivity index (χ0) is 20.0. The molecule has 0 saturated carbocycles. The molecular weight excluding hydrogens is 475 g/mol. The second kappa shape index (κ2) is 11.0. The Morgan fingerprint density at radius 2 is 1.68 bits per heavy atom. The summed E-state index contributed by atoms with van der Waals surface area (Å²) < 4.78 is 12.2. The second-order valence-corrected chi connectivity index (χ2v) is 6.75. The van der Waals surface area contributed by atoms with E-state index in [4.69, 9.17) is 14.7 Å². The number of hydroxylamine groups is 1. The third kappa shape index (κ3) is 6.16. The van der Waals surface area contributed by atoms with Crippen LogP contribution in [0.25, 0.3) is 0 Å². The molecule has 7 nitrogen and oxygen atoms in total. The van der Waals surface area contributed by atoms with Crippen LogP contribution in [0.15, 0.2) is 42.7 Å². The third-order valence-electron chi connectivity index (χ3n) is 4.06. The summed E-state index contributed by atoms with van der Waals surface area (Å²) in [7, 11) is 0. The normalized spacial score (nSPS) is 10.4. The molecule has 1 aromatic heterocycles. The van der Waals surface area contributed by atoms with Gasteiger partial charge in [-0.1, -0.05) is 45.9 Å². The molecule has 2 rings (SSSR count). The molecule has 28 heavy (non-hydrogen) atoms. The van der Waals surface area contributed by atoms with Gasteiger partial charge in [0.1, 0.15) is 11.3 Å². The van der Waals surface area contributed by atoms with E-state index in [-0.39, 0.29) is 48.1 Å². The van der Waals surface area contributed by atoms with E-state index < -0.39 is 12.1 Å². The first-order chi connectivity index (χ1) is 12.8. The van der Waals surface area contributed by atoms with Crippen LogP contribution in [0.2, 0.25) is 0 Å². The highest BCUT2D eigenvalue weighted by Crippen LogP contribution is 2.34. The summed E-state index contributed by atoms with van der Waals surface area (Å²) in [6.45, 7) is 8.00. The summed E-state index contributed by atoms with van der Waals surface area (Å²) >= 11 is 0. The highest BCUT2D eigenvalue weighted by molar-refractivity contribution is 5.92. The maximum Gasteiger partial charge on any atom is 0.518 e. The minimum Gasteiger partial charge on any atom is -1.00 e. The molecule has 0 bridgehead atoms. The number of benzene rings is 1. The number of pyridine rings is 1. The molecule has 0 atom stereocenters. The van der Waals surface area contributed by atoms with Gasteiger partial charge in [0.15, 0.2) is 12.4 Å². The molecule has 1 aromatic carbocycles. The van der Waals surface area contributed by atoms with Crippen molar-refractivity contribution in [1.29, 1.82) is 0 Å². The van der Waals surface area contributed by atoms with Gasteiger partial charge >= 0.3 is 6.16 Å². The van der Waals surface area contributed by atoms with Crippen LogP contribution >= 0.6 is 0 Å². The minimum atomic E-state index is -0.825. The number of aromatic nitrogens is 1. The van der Waals surface area contributed by atoms with Crippen molar-refractivity contribution in [3.63, 3.8) is 0 Å². The van der Waals surface area contributed by atoms with Crippen LogP contribution in [0.3, 0.4) is 0 Å². The number of halogens is 1. The Labute approximate surface area is 181 Å². The Balaban J connectivity index is 0.00000392. The standard InChI is InChI=1S/C20H24N2O5.HI/c1-13(2)16-8-5-9-17(14(3)4)18(16)27-20(24)26-12-22-10-6-7-15(11-22)19(23)21-25;/h5-11,13-14H,12H2,1-4H3,(H-,21,23,25);1H. The average molecular weight is 500 g/mol. The van der Waals surface area contributed by atoms with Crippen LogP contribution in [0.4, 0.5) is 4.79 Å². The molecule has 1 heterocycles. The van der Waals surface area contributed by atoms with E-state index in [0.29, 0.717) is 5.75 Å². The molecule has 1 amide bonds. The molecule has 0 radical (unpaired) electrons. The topological polar surface area (TPSA) is 88.7 Å². The molecule has 0 spiro atoms. The number of hydrogen-bond acceptors (Lipinski definition) is 5. The number of nitrogens with one attached hydrogen (secondary N) is 1. The van der Waals surface area contributed by atoms with Crippen LogP contribution in [0.1, 0.15) is 61.0 Å². The number of rotatable bonds is 6. The molecule has 8 heteroatoms. The molecule has 2 aromatic rings. The lowest BCUT2D eigenvalue weighted by Gasteiger charge is -2.18. The van der Waals surface area contributed by atoms with Crippen molar-refractivity contribution < 1.29 is 52.8 Å². The van der Waals surface area contributed by atoms with Gasteiger partial charge in [0.2, 0.25) is 0 Å². The van der Waals surface area contributed by atoms with E-state index in [1.54, 1.807) is 17.7 Å². The molecule has 0 fully saturated rings. The zero-order valence-electron chi connectivity index (χ0n) is 16.3. The van der Waals surface area contributed by atoms with Crippen molar-refractivity contribution >= 4 is 12.1 Å². The van der Waals surface area contributed by atoms with Gasteiger partial charge in [-0.3, -0.25) is 10.0 Å². The molecular formula is C20H25IN2O5. The number of nitrogens with zero attached hydrogens (tertiary/aromatic N) is 1. The molecule has 0 aliphatic rings. The van der Waals surface area contributed by atoms with E-state index >= 15 is 0 Å². The van der Waals surface area contributed by atoms with Crippen molar-refractivity contribution in [2.45, 2.75) is 46.3 Å². The maximum absolute atomic E-state index is 12.2. The van der Waals surface area contributed by atoms with Gasteiger partial charge in [0.25, 0.3) is 12.6 Å². The second-order valence-electron chi connectivity index (χ2n) is 6.75. The Morgan fingerprint density at radius 3 is 2.21 bits per heavy atom. The number of hydrogen-bond donors (Lipinski definition) is 2. The van der Waals surface area contributed by atoms with Crippen molar-refractivity contribution in [3.8, 4) is 5.75 Å². The highest BCUT2D eigenvalue weighted by atomic mass is 127. The van der Waals surface area contributed by atoms with Gasteiger partial charge in [0.05, 0.1) is 0 Å². The zero-order valence-corrected chi connectivity index (χ0v) is 18.5. The summed E-state index contributed by atoms with van der Waals surface area (Å²) in [4.78, 5) is 23.7. The number of carbonyl (C=O) groups is 2. The van der Waals surface area contributed by atoms with Crippen LogP contribution in [-0.4, -0.2) is 17.3 Å². The summed E-state index contributed by atoms with van der Waals surface area (Å²) in [5.74, 6) is 0.259. The molecule has 0 unspecified atom stereocenters. The molecule has 0 saturated heterocycles. The van der Waals surface area contributed by atoms with Crippen LogP contribution < -0.4 is 38.8 Å². The van der Waals surface area contributed by atoms with Gasteiger partial charge < -0.3 is 33.5 Å². The van der Waals surface area contributed by atoms with Crippen LogP contribution in [-0.2, 0) is 11.5 Å². The fourth-order valence-corrected chi connectivity index (χ4v) is 2.64. The molecule has 2 N–H and O–H groups in total. The largest absolute Gasteiger partial charge is 1.00 e. The van der Waals surface area contributed by atoms with Crippen molar-refractivity contribution in [2.24, 2.45) is 0 Å². The fraction of sp³-hybridized carbons (Fsp3) is 0.350. The van der Waals surface area contributed by atoms with Crippen LogP contribution in [0.5, 0.6) is 5.75 Å². The predicted molar refractivity (Wildman–Crippen MR) is 97.6 cm³/mol. The van der Waals surface area contributed by atoms with E-state index in [9.17, 15) is 9.59 Å². The van der Waals surface area contributed by atoms with Gasteiger partial charge in [0, 0.05) is 6.07 Å². The lowest BCUT2D eigenvalue weighted by atomic mass is 9.94. The summed E-state index contributed by atoms with van der Waals surface area (Å²) in [5.41, 5.74) is 3.66. The number of ether oxygens (including phenoxy) is 2. The van der Waals surface area contributed by atoms with Crippen molar-refractivity contribution in [3.05, 3.63) is 59.4 Å². The monoisotopic (exact) mass is 500 g/mol. The first-order valence-corrected chi connectivity index (χ1v) is 8.74. The van der Waals surface area contributed by atoms with Gasteiger partial charge in [-0.25, -0.2) is 10.3 Å². The lowest BCUT2D eigenvalue weighted by molar-refractivity contribution is -0.727. The molecule has 0 aliphatic heterocycles. The SMILES string of the molecule is CC(C)c1cccc(C(C)C)c1OC(=O)OC[n+]1cccc(C(=O)NO)c1.[I-]. The van der Waals surface area contributed by atoms with Crippen molar-refractivity contribution in [1.82, 2.24) is 5.48 Å². The summed E-state index contributed by atoms with van der Waals surface area (Å²) in [5, 5.41) is 8.69. The maximum atomic E-state index is 12.2. The van der Waals surface area contributed by atoms with Crippen molar-refractivity contribution in [2.75, 3.05) is 0 Å². The number of carbonyl (C=O) groups excluding carboxylic acids is 2. The highest BCUT2D eigenvalue weighted by Gasteiger charge is 2.20. The Morgan fingerprint density at radius 1 is 1.07 bits per heavy atom. The van der Waals surface area contributed by atoms with Gasteiger partial charge in [-0.2, -0.15) is 4.57 Å². The van der Waals surface area contributed by atoms with E-state index in [1.165, 1.54) is 16.8 Å². The number of amides is 1. The first-order valence-electron chi connectivity index (χ1n) is 8.74. The predicted octanol–water partition coefficient (Wildman–Crippen LogP) is 0.517.